The lowest BCUT2D eigenvalue weighted by Crippen LogP contribution is -2.31. The van der Waals surface area contributed by atoms with Crippen molar-refractivity contribution in [2.75, 3.05) is 11.4 Å². The van der Waals surface area contributed by atoms with Gasteiger partial charge in [-0.25, -0.2) is 4.98 Å². The predicted molar refractivity (Wildman–Crippen MR) is 78.1 cm³/mol. The first-order valence-corrected chi connectivity index (χ1v) is 6.75. The summed E-state index contributed by atoms with van der Waals surface area (Å²) in [6, 6.07) is 10.8. The molecule has 1 aromatic heterocycles. The summed E-state index contributed by atoms with van der Waals surface area (Å²) in [6.07, 6.45) is 3.00. The highest BCUT2D eigenvalue weighted by atomic mass is 15.2. The number of fused-ring (bicyclic) bond motifs is 1. The maximum absolute atomic E-state index is 5.69. The van der Waals surface area contributed by atoms with E-state index >= 15 is 0 Å². The van der Waals surface area contributed by atoms with Crippen molar-refractivity contribution < 1.29 is 0 Å². The van der Waals surface area contributed by atoms with Crippen LogP contribution in [0.4, 0.5) is 5.82 Å². The molecule has 2 heterocycles. The monoisotopic (exact) mass is 253 g/mol. The number of nitrogens with two attached hydrogens (primary N) is 1. The zero-order chi connectivity index (χ0) is 13.2. The summed E-state index contributed by atoms with van der Waals surface area (Å²) in [5.74, 6) is 1.06. The van der Waals surface area contributed by atoms with E-state index in [1.54, 1.807) is 0 Å². The molecule has 2 aromatic rings. The minimum absolute atomic E-state index is 0.557. The molecular formula is C16H19N3. The summed E-state index contributed by atoms with van der Waals surface area (Å²) in [7, 11) is 0. The van der Waals surface area contributed by atoms with Crippen molar-refractivity contribution in [1.29, 1.82) is 0 Å². The van der Waals surface area contributed by atoms with Crippen molar-refractivity contribution in [2.24, 2.45) is 5.73 Å². The van der Waals surface area contributed by atoms with Crippen molar-refractivity contribution in [1.82, 2.24) is 4.98 Å². The second-order valence-electron chi connectivity index (χ2n) is 5.11. The predicted octanol–water partition coefficient (Wildman–Crippen LogP) is 2.41. The molecule has 3 heteroatoms. The van der Waals surface area contributed by atoms with Crippen molar-refractivity contribution in [3.05, 3.63) is 58.8 Å². The third kappa shape index (κ3) is 2.34. The van der Waals surface area contributed by atoms with Crippen LogP contribution in [0.3, 0.4) is 0 Å². The zero-order valence-corrected chi connectivity index (χ0v) is 11.3. The van der Waals surface area contributed by atoms with Gasteiger partial charge in [0.1, 0.15) is 5.82 Å². The topological polar surface area (TPSA) is 42.2 Å². The van der Waals surface area contributed by atoms with E-state index < -0.39 is 0 Å². The van der Waals surface area contributed by atoms with Gasteiger partial charge in [0.25, 0.3) is 0 Å². The van der Waals surface area contributed by atoms with E-state index in [9.17, 15) is 0 Å². The van der Waals surface area contributed by atoms with E-state index in [4.69, 9.17) is 5.73 Å². The van der Waals surface area contributed by atoms with Gasteiger partial charge in [-0.15, -0.1) is 0 Å². The molecule has 0 spiro atoms. The number of aryl methyl sites for hydroxylation is 1. The van der Waals surface area contributed by atoms with Crippen LogP contribution in [0.25, 0.3) is 0 Å². The molecule has 1 aliphatic heterocycles. The fourth-order valence-electron chi connectivity index (χ4n) is 2.65. The molecule has 0 saturated carbocycles. The maximum Gasteiger partial charge on any atom is 0.129 e. The summed E-state index contributed by atoms with van der Waals surface area (Å²) in [4.78, 5) is 6.90. The van der Waals surface area contributed by atoms with E-state index in [-0.39, 0.29) is 0 Å². The normalized spacial score (nSPS) is 14.3. The Labute approximate surface area is 114 Å². The van der Waals surface area contributed by atoms with Crippen LogP contribution in [-0.4, -0.2) is 11.5 Å². The minimum Gasteiger partial charge on any atom is -0.352 e. The van der Waals surface area contributed by atoms with Crippen LogP contribution in [0.15, 0.2) is 36.5 Å². The Morgan fingerprint density at radius 3 is 2.79 bits per heavy atom. The smallest absolute Gasteiger partial charge is 0.129 e. The molecule has 0 unspecified atom stereocenters. The van der Waals surface area contributed by atoms with Gasteiger partial charge >= 0.3 is 0 Å². The maximum atomic E-state index is 5.69. The third-order valence-corrected chi connectivity index (χ3v) is 3.88. The van der Waals surface area contributed by atoms with Crippen LogP contribution >= 0.6 is 0 Å². The Morgan fingerprint density at radius 2 is 2.05 bits per heavy atom. The summed E-state index contributed by atoms with van der Waals surface area (Å²) >= 11 is 0. The highest BCUT2D eigenvalue weighted by Crippen LogP contribution is 2.24. The van der Waals surface area contributed by atoms with Gasteiger partial charge in [-0.1, -0.05) is 24.3 Å². The average Bonchev–Trinajstić information content (AvgIpc) is 2.46. The molecular weight excluding hydrogens is 234 g/mol. The molecule has 0 aliphatic carbocycles. The fraction of sp³-hybridized carbons (Fsp3) is 0.312. The molecule has 3 rings (SSSR count). The van der Waals surface area contributed by atoms with Crippen LogP contribution in [-0.2, 0) is 19.5 Å². The molecule has 3 nitrogen and oxygen atoms in total. The lowest BCUT2D eigenvalue weighted by atomic mass is 10.00. The number of hydrogen-bond acceptors (Lipinski definition) is 3. The number of anilines is 1. The van der Waals surface area contributed by atoms with Crippen molar-refractivity contribution in [3.8, 4) is 0 Å². The molecule has 0 amide bonds. The van der Waals surface area contributed by atoms with Crippen molar-refractivity contribution in [2.45, 2.75) is 26.4 Å². The summed E-state index contributed by atoms with van der Waals surface area (Å²) in [5.41, 5.74) is 10.9. The zero-order valence-electron chi connectivity index (χ0n) is 11.3. The van der Waals surface area contributed by atoms with Crippen LogP contribution in [0.5, 0.6) is 0 Å². The molecule has 0 radical (unpaired) electrons. The third-order valence-electron chi connectivity index (χ3n) is 3.88. The first kappa shape index (κ1) is 12.2. The van der Waals surface area contributed by atoms with Crippen molar-refractivity contribution >= 4 is 5.82 Å². The van der Waals surface area contributed by atoms with Crippen LogP contribution in [0.1, 0.15) is 22.3 Å². The van der Waals surface area contributed by atoms with Crippen LogP contribution in [0.2, 0.25) is 0 Å². The minimum atomic E-state index is 0.557. The first-order valence-electron chi connectivity index (χ1n) is 6.75. The first-order chi connectivity index (χ1) is 9.28. The van der Waals surface area contributed by atoms with E-state index in [1.807, 2.05) is 6.20 Å². The molecule has 0 atom stereocenters. The standard InChI is InChI=1S/C16H19N3/c1-12-8-16(18-10-15(12)9-17)19-7-6-13-4-2-3-5-14(13)11-19/h2-5,8,10H,6-7,9,11,17H2,1H3. The lowest BCUT2D eigenvalue weighted by molar-refractivity contribution is 0.719. The molecule has 1 aliphatic rings. The highest BCUT2D eigenvalue weighted by molar-refractivity contribution is 5.47. The number of aromatic nitrogens is 1. The van der Waals surface area contributed by atoms with Crippen LogP contribution < -0.4 is 10.6 Å². The quantitative estimate of drug-likeness (QED) is 0.893. The van der Waals surface area contributed by atoms with Gasteiger partial charge in [-0.3, -0.25) is 0 Å². The summed E-state index contributed by atoms with van der Waals surface area (Å²) in [5, 5.41) is 0. The number of pyridine rings is 1. The summed E-state index contributed by atoms with van der Waals surface area (Å²) in [6.45, 7) is 4.64. The Morgan fingerprint density at radius 1 is 1.26 bits per heavy atom. The number of nitrogens with zero attached hydrogens (tertiary/aromatic N) is 2. The van der Waals surface area contributed by atoms with E-state index in [1.165, 1.54) is 16.7 Å². The van der Waals surface area contributed by atoms with E-state index in [0.29, 0.717) is 6.54 Å². The Hall–Kier alpha value is -1.87. The highest BCUT2D eigenvalue weighted by Gasteiger charge is 2.17. The Bertz CT molecular complexity index is 592. The second kappa shape index (κ2) is 5.02. The van der Waals surface area contributed by atoms with Gasteiger partial charge in [0.2, 0.25) is 0 Å². The lowest BCUT2D eigenvalue weighted by Gasteiger charge is -2.30. The van der Waals surface area contributed by atoms with Gasteiger partial charge in [-0.05, 0) is 41.7 Å². The molecule has 0 fully saturated rings. The Balaban J connectivity index is 1.87. The number of rotatable bonds is 2. The van der Waals surface area contributed by atoms with Gasteiger partial charge < -0.3 is 10.6 Å². The van der Waals surface area contributed by atoms with Gasteiger partial charge in [0.05, 0.1) is 0 Å². The van der Waals surface area contributed by atoms with Gasteiger partial charge in [-0.2, -0.15) is 0 Å². The largest absolute Gasteiger partial charge is 0.352 e. The Kier molecular flexibility index (Phi) is 3.22. The summed E-state index contributed by atoms with van der Waals surface area (Å²) < 4.78 is 0. The van der Waals surface area contributed by atoms with E-state index in [0.717, 1.165) is 30.9 Å². The molecule has 1 aromatic carbocycles. The van der Waals surface area contributed by atoms with Crippen molar-refractivity contribution in [3.63, 3.8) is 0 Å². The fourth-order valence-corrected chi connectivity index (χ4v) is 2.65. The molecule has 19 heavy (non-hydrogen) atoms. The number of hydrogen-bond donors (Lipinski definition) is 1. The molecule has 0 bridgehead atoms. The molecule has 98 valence electrons. The second-order valence-corrected chi connectivity index (χ2v) is 5.11. The van der Waals surface area contributed by atoms with E-state index in [2.05, 4.69) is 47.1 Å². The SMILES string of the molecule is Cc1cc(N2CCc3ccccc3C2)ncc1CN. The van der Waals surface area contributed by atoms with Gasteiger partial charge in [0, 0.05) is 25.8 Å². The van der Waals surface area contributed by atoms with Crippen LogP contribution in [0, 0.1) is 6.92 Å². The molecule has 2 N–H and O–H groups in total. The average molecular weight is 253 g/mol. The number of benzene rings is 1. The molecule has 0 saturated heterocycles. The van der Waals surface area contributed by atoms with Gasteiger partial charge in [0.15, 0.2) is 0 Å².